The molecule has 1 aliphatic heterocycles. The summed E-state index contributed by atoms with van der Waals surface area (Å²) in [6.45, 7) is 7.05. The number of para-hydroxylation sites is 1. The Labute approximate surface area is 177 Å². The smallest absolute Gasteiger partial charge is 0.253 e. The fourth-order valence-electron chi connectivity index (χ4n) is 3.62. The second-order valence-corrected chi connectivity index (χ2v) is 8.32. The minimum Gasteiger partial charge on any atom is -0.352 e. The van der Waals surface area contributed by atoms with Crippen LogP contribution in [0.2, 0.25) is 0 Å². The van der Waals surface area contributed by atoms with Crippen molar-refractivity contribution in [2.45, 2.75) is 33.2 Å². The predicted octanol–water partition coefficient (Wildman–Crippen LogP) is 4.06. The molecular weight excluding hydrogens is 381 g/mol. The van der Waals surface area contributed by atoms with Crippen molar-refractivity contribution in [1.29, 1.82) is 0 Å². The van der Waals surface area contributed by atoms with E-state index in [2.05, 4.69) is 15.5 Å². The van der Waals surface area contributed by atoms with Crippen LogP contribution >= 0.6 is 0 Å². The Morgan fingerprint density at radius 3 is 2.40 bits per heavy atom. The van der Waals surface area contributed by atoms with Crippen LogP contribution in [0.25, 0.3) is 0 Å². The molecule has 1 aliphatic rings. The SMILES string of the molecule is CC(C)CNC(=O)c1ccccc1NC(=O)C1CCN(Cc2ccc(F)cc2)CC1. The Balaban J connectivity index is 1.53. The van der Waals surface area contributed by atoms with E-state index in [0.717, 1.165) is 38.0 Å². The third-order valence-corrected chi connectivity index (χ3v) is 5.38. The van der Waals surface area contributed by atoms with Crippen molar-refractivity contribution in [2.24, 2.45) is 11.8 Å². The maximum atomic E-state index is 13.1. The molecule has 0 radical (unpaired) electrons. The van der Waals surface area contributed by atoms with Gasteiger partial charge in [-0.1, -0.05) is 38.1 Å². The summed E-state index contributed by atoms with van der Waals surface area (Å²) in [5, 5.41) is 5.86. The zero-order chi connectivity index (χ0) is 21.5. The highest BCUT2D eigenvalue weighted by Gasteiger charge is 2.26. The molecule has 0 unspecified atom stereocenters. The number of piperidine rings is 1. The number of amides is 2. The van der Waals surface area contributed by atoms with Gasteiger partial charge in [-0.3, -0.25) is 14.5 Å². The number of rotatable bonds is 7. The molecule has 0 aromatic heterocycles. The molecule has 1 saturated heterocycles. The number of benzene rings is 2. The van der Waals surface area contributed by atoms with E-state index in [9.17, 15) is 14.0 Å². The monoisotopic (exact) mass is 411 g/mol. The van der Waals surface area contributed by atoms with Crippen LogP contribution in [0.3, 0.4) is 0 Å². The topological polar surface area (TPSA) is 61.4 Å². The first-order valence-electron chi connectivity index (χ1n) is 10.6. The zero-order valence-electron chi connectivity index (χ0n) is 17.7. The zero-order valence-corrected chi connectivity index (χ0v) is 17.7. The van der Waals surface area contributed by atoms with Crippen LogP contribution < -0.4 is 10.6 Å². The molecule has 6 heteroatoms. The van der Waals surface area contributed by atoms with Crippen molar-refractivity contribution in [3.63, 3.8) is 0 Å². The third kappa shape index (κ3) is 6.13. The van der Waals surface area contributed by atoms with Gasteiger partial charge in [0.25, 0.3) is 5.91 Å². The second kappa shape index (κ2) is 10.3. The first kappa shape index (κ1) is 22.0. The van der Waals surface area contributed by atoms with Gasteiger partial charge in [-0.25, -0.2) is 4.39 Å². The normalized spacial score (nSPS) is 15.2. The molecule has 1 fully saturated rings. The first-order chi connectivity index (χ1) is 14.4. The quantitative estimate of drug-likeness (QED) is 0.722. The lowest BCUT2D eigenvalue weighted by Gasteiger charge is -2.31. The van der Waals surface area contributed by atoms with Gasteiger partial charge in [-0.15, -0.1) is 0 Å². The van der Waals surface area contributed by atoms with Crippen LogP contribution in [-0.4, -0.2) is 36.3 Å². The Morgan fingerprint density at radius 1 is 1.07 bits per heavy atom. The molecular formula is C24H30FN3O2. The van der Waals surface area contributed by atoms with Crippen molar-refractivity contribution in [2.75, 3.05) is 25.0 Å². The van der Waals surface area contributed by atoms with Crippen LogP contribution in [0.1, 0.15) is 42.6 Å². The van der Waals surface area contributed by atoms with Crippen LogP contribution in [0.5, 0.6) is 0 Å². The molecule has 1 heterocycles. The van der Waals surface area contributed by atoms with Crippen LogP contribution in [0.15, 0.2) is 48.5 Å². The van der Waals surface area contributed by atoms with E-state index in [1.807, 2.05) is 19.9 Å². The number of nitrogens with zero attached hydrogens (tertiary/aromatic N) is 1. The van der Waals surface area contributed by atoms with Gasteiger partial charge in [0, 0.05) is 19.0 Å². The van der Waals surface area contributed by atoms with Gasteiger partial charge in [0.15, 0.2) is 0 Å². The van der Waals surface area contributed by atoms with Gasteiger partial charge in [-0.05, 0) is 61.7 Å². The van der Waals surface area contributed by atoms with Crippen molar-refractivity contribution in [1.82, 2.24) is 10.2 Å². The van der Waals surface area contributed by atoms with Crippen molar-refractivity contribution < 1.29 is 14.0 Å². The molecule has 30 heavy (non-hydrogen) atoms. The summed E-state index contributed by atoms with van der Waals surface area (Å²) >= 11 is 0. The number of carbonyl (C=O) groups is 2. The molecule has 2 aromatic carbocycles. The first-order valence-corrected chi connectivity index (χ1v) is 10.6. The molecule has 0 atom stereocenters. The molecule has 160 valence electrons. The fourth-order valence-corrected chi connectivity index (χ4v) is 3.62. The van der Waals surface area contributed by atoms with Crippen LogP contribution in [-0.2, 0) is 11.3 Å². The Kier molecular flexibility index (Phi) is 7.57. The number of likely N-dealkylation sites (tertiary alicyclic amines) is 1. The number of anilines is 1. The van der Waals surface area contributed by atoms with E-state index in [4.69, 9.17) is 0 Å². The number of halogens is 1. The Bertz CT molecular complexity index is 859. The van der Waals surface area contributed by atoms with Crippen molar-refractivity contribution >= 4 is 17.5 Å². The van der Waals surface area contributed by atoms with Gasteiger partial charge in [0.05, 0.1) is 11.3 Å². The summed E-state index contributed by atoms with van der Waals surface area (Å²) in [5.41, 5.74) is 2.11. The largest absolute Gasteiger partial charge is 0.352 e. The summed E-state index contributed by atoms with van der Waals surface area (Å²) < 4.78 is 13.1. The molecule has 0 spiro atoms. The van der Waals surface area contributed by atoms with E-state index in [1.165, 1.54) is 12.1 Å². The summed E-state index contributed by atoms with van der Waals surface area (Å²) in [7, 11) is 0. The van der Waals surface area contributed by atoms with Crippen molar-refractivity contribution in [3.05, 3.63) is 65.5 Å². The molecule has 0 bridgehead atoms. The molecule has 0 saturated carbocycles. The van der Waals surface area contributed by atoms with Gasteiger partial charge in [0.1, 0.15) is 5.82 Å². The highest BCUT2D eigenvalue weighted by atomic mass is 19.1. The summed E-state index contributed by atoms with van der Waals surface area (Å²) in [6.07, 6.45) is 1.52. The van der Waals surface area contributed by atoms with E-state index in [-0.39, 0.29) is 23.5 Å². The molecule has 2 amide bonds. The summed E-state index contributed by atoms with van der Waals surface area (Å²) in [5.74, 6) is -0.168. The van der Waals surface area contributed by atoms with E-state index >= 15 is 0 Å². The van der Waals surface area contributed by atoms with E-state index in [1.54, 1.807) is 30.3 Å². The maximum absolute atomic E-state index is 13.1. The van der Waals surface area contributed by atoms with E-state index in [0.29, 0.717) is 23.7 Å². The number of hydrogen-bond donors (Lipinski definition) is 2. The Morgan fingerprint density at radius 2 is 1.73 bits per heavy atom. The lowest BCUT2D eigenvalue weighted by Crippen LogP contribution is -2.38. The maximum Gasteiger partial charge on any atom is 0.253 e. The average Bonchev–Trinajstić information content (AvgIpc) is 2.74. The summed E-state index contributed by atoms with van der Waals surface area (Å²) in [6, 6.07) is 13.7. The highest BCUT2D eigenvalue weighted by Crippen LogP contribution is 2.22. The molecule has 2 aromatic rings. The number of hydrogen-bond acceptors (Lipinski definition) is 3. The molecule has 0 aliphatic carbocycles. The molecule has 3 rings (SSSR count). The van der Waals surface area contributed by atoms with Gasteiger partial charge in [-0.2, -0.15) is 0 Å². The highest BCUT2D eigenvalue weighted by molar-refractivity contribution is 6.04. The third-order valence-electron chi connectivity index (χ3n) is 5.38. The van der Waals surface area contributed by atoms with E-state index < -0.39 is 0 Å². The predicted molar refractivity (Wildman–Crippen MR) is 117 cm³/mol. The van der Waals surface area contributed by atoms with Gasteiger partial charge < -0.3 is 10.6 Å². The summed E-state index contributed by atoms with van der Waals surface area (Å²) in [4.78, 5) is 27.6. The van der Waals surface area contributed by atoms with Crippen molar-refractivity contribution in [3.8, 4) is 0 Å². The van der Waals surface area contributed by atoms with Crippen LogP contribution in [0.4, 0.5) is 10.1 Å². The average molecular weight is 412 g/mol. The van der Waals surface area contributed by atoms with Crippen LogP contribution in [0, 0.1) is 17.7 Å². The minimum absolute atomic E-state index is 0.0412. The lowest BCUT2D eigenvalue weighted by atomic mass is 9.95. The second-order valence-electron chi connectivity index (χ2n) is 8.32. The lowest BCUT2D eigenvalue weighted by molar-refractivity contribution is -0.121. The Hall–Kier alpha value is -2.73. The fraction of sp³-hybridized carbons (Fsp3) is 0.417. The minimum atomic E-state index is -0.229. The van der Waals surface area contributed by atoms with Gasteiger partial charge in [0.2, 0.25) is 5.91 Å². The molecule has 2 N–H and O–H groups in total. The number of carbonyl (C=O) groups excluding carboxylic acids is 2. The standard InChI is InChI=1S/C24H30FN3O2/c1-17(2)15-26-24(30)21-5-3-4-6-22(21)27-23(29)19-11-13-28(14-12-19)16-18-7-9-20(25)10-8-18/h3-10,17,19H,11-16H2,1-2H3,(H,26,30)(H,27,29). The van der Waals surface area contributed by atoms with Gasteiger partial charge >= 0.3 is 0 Å². The number of nitrogens with one attached hydrogen (secondary N) is 2. The molecule has 5 nitrogen and oxygen atoms in total.